The van der Waals surface area contributed by atoms with Crippen molar-refractivity contribution < 1.29 is 33.8 Å². The fourth-order valence-electron chi connectivity index (χ4n) is 3.58. The predicted molar refractivity (Wildman–Crippen MR) is 132 cm³/mol. The van der Waals surface area contributed by atoms with Crippen LogP contribution < -0.4 is 21.7 Å². The number of para-hydroxylation sites is 2. The first-order valence-corrected chi connectivity index (χ1v) is 11.7. The smallest absolute Gasteiger partial charge is 0.421 e. The van der Waals surface area contributed by atoms with Gasteiger partial charge in [0.1, 0.15) is 24.2 Å². The number of amides is 4. The average molecular weight is 518 g/mol. The van der Waals surface area contributed by atoms with Crippen molar-refractivity contribution in [1.82, 2.24) is 25.1 Å². The third-order valence-electron chi connectivity index (χ3n) is 5.33. The molecule has 0 aliphatic carbocycles. The Kier molecular flexibility index (Phi) is 8.32. The number of carbonyl (C=O) groups is 5. The molecule has 0 spiro atoms. The highest BCUT2D eigenvalue weighted by atomic mass is 16.6. The number of rotatable bonds is 10. The summed E-state index contributed by atoms with van der Waals surface area (Å²) >= 11 is 0. The number of fused-ring (bicyclic) bond motifs is 1. The number of carboxylic acids is 1. The van der Waals surface area contributed by atoms with Gasteiger partial charge in [-0.2, -0.15) is 0 Å². The quantitative estimate of drug-likeness (QED) is 0.218. The van der Waals surface area contributed by atoms with Crippen LogP contribution >= 0.6 is 0 Å². The molecule has 14 nitrogen and oxygen atoms in total. The molecule has 0 radical (unpaired) electrons. The molecule has 4 amide bonds. The summed E-state index contributed by atoms with van der Waals surface area (Å²) in [4.78, 5) is 65.6. The number of aliphatic carboxylic acids is 1. The zero-order valence-electron chi connectivity index (χ0n) is 20.8. The van der Waals surface area contributed by atoms with E-state index < -0.39 is 54.1 Å². The number of imide groups is 1. The number of hydrogen-bond acceptors (Lipinski definition) is 9. The van der Waals surface area contributed by atoms with E-state index in [0.717, 1.165) is 4.90 Å². The number of aromatic nitrogens is 2. The molecule has 200 valence electrons. The lowest BCUT2D eigenvalue weighted by Gasteiger charge is -2.20. The lowest BCUT2D eigenvalue weighted by Crippen LogP contribution is -2.46. The second-order valence-corrected chi connectivity index (χ2v) is 9.48. The minimum absolute atomic E-state index is 0.270. The molecule has 1 aliphatic heterocycles. The molecule has 2 unspecified atom stereocenters. The van der Waals surface area contributed by atoms with E-state index in [-0.39, 0.29) is 18.9 Å². The van der Waals surface area contributed by atoms with E-state index >= 15 is 0 Å². The fourth-order valence-corrected chi connectivity index (χ4v) is 3.58. The molecule has 2 aromatic rings. The number of hydrogen-bond donors (Lipinski definition) is 5. The van der Waals surface area contributed by atoms with Gasteiger partial charge < -0.3 is 31.5 Å². The van der Waals surface area contributed by atoms with Crippen LogP contribution in [-0.2, 0) is 19.1 Å². The minimum Gasteiger partial charge on any atom is -0.480 e. The molecule has 1 saturated heterocycles. The molecule has 2 heterocycles. The van der Waals surface area contributed by atoms with Crippen molar-refractivity contribution in [3.63, 3.8) is 0 Å². The first kappa shape index (κ1) is 27.4. The van der Waals surface area contributed by atoms with E-state index in [1.54, 1.807) is 45.0 Å². The lowest BCUT2D eigenvalue weighted by atomic mass is 10.1. The van der Waals surface area contributed by atoms with Crippen LogP contribution in [0, 0.1) is 0 Å². The van der Waals surface area contributed by atoms with Gasteiger partial charge in [-0.1, -0.05) is 12.1 Å². The number of nitrogens with one attached hydrogen (secondary N) is 3. The number of urea groups is 1. The lowest BCUT2D eigenvalue weighted by molar-refractivity contribution is -0.138. The summed E-state index contributed by atoms with van der Waals surface area (Å²) in [5.41, 5.74) is 5.80. The molecule has 1 aromatic heterocycles. The number of carboxylic acid groups (broad SMARTS) is 1. The van der Waals surface area contributed by atoms with Crippen molar-refractivity contribution in [2.45, 2.75) is 51.3 Å². The summed E-state index contributed by atoms with van der Waals surface area (Å²) in [6.07, 6.45) is 0.119. The molecule has 1 aromatic carbocycles. The summed E-state index contributed by atoms with van der Waals surface area (Å²) in [7, 11) is 0. The molecule has 1 aliphatic rings. The van der Waals surface area contributed by atoms with Gasteiger partial charge in [0.05, 0.1) is 11.0 Å². The van der Waals surface area contributed by atoms with E-state index in [2.05, 4.69) is 20.9 Å². The van der Waals surface area contributed by atoms with Crippen LogP contribution in [0.15, 0.2) is 24.3 Å². The fraction of sp³-hybridized carbons (Fsp3) is 0.478. The highest BCUT2D eigenvalue weighted by Gasteiger charge is 2.38. The van der Waals surface area contributed by atoms with Crippen LogP contribution in [0.25, 0.3) is 11.0 Å². The summed E-state index contributed by atoms with van der Waals surface area (Å²) in [5.74, 6) is -2.27. The van der Waals surface area contributed by atoms with Gasteiger partial charge in [-0.15, -0.1) is 0 Å². The molecule has 0 bridgehead atoms. The van der Waals surface area contributed by atoms with Gasteiger partial charge in [0.2, 0.25) is 11.9 Å². The number of benzene rings is 1. The normalized spacial score (nSPS) is 16.4. The Morgan fingerprint density at radius 3 is 2.62 bits per heavy atom. The number of nitrogens with zero attached hydrogens (tertiary/aromatic N) is 3. The van der Waals surface area contributed by atoms with Gasteiger partial charge in [0.15, 0.2) is 0 Å². The Morgan fingerprint density at radius 2 is 1.95 bits per heavy atom. The maximum Gasteiger partial charge on any atom is 0.421 e. The Bertz CT molecular complexity index is 1200. The summed E-state index contributed by atoms with van der Waals surface area (Å²) in [5, 5.41) is 16.7. The molecule has 14 heteroatoms. The minimum atomic E-state index is -1.30. The van der Waals surface area contributed by atoms with Gasteiger partial charge in [0, 0.05) is 13.1 Å². The summed E-state index contributed by atoms with van der Waals surface area (Å²) in [6.45, 7) is 4.75. The number of anilines is 1. The zero-order valence-corrected chi connectivity index (χ0v) is 20.8. The first-order valence-electron chi connectivity index (χ1n) is 11.7. The standard InChI is InChI=1S/C23H31N7O7/c1-23(2,3)37-22(36)30-16-9-5-4-7-14(16)27-20(30)25-10-6-8-15-18(32)29(21(35)28-15)12-17(31)26-11-13(24)19(33)34/h4-5,7,9,13,15H,6,8,10-12,24H2,1-3H3,(H,25,27)(H,26,31)(H,28,35)(H,33,34). The molecule has 1 fully saturated rings. The molecular weight excluding hydrogens is 486 g/mol. The largest absolute Gasteiger partial charge is 0.480 e. The zero-order chi connectivity index (χ0) is 27.3. The predicted octanol–water partition coefficient (Wildman–Crippen LogP) is 0.460. The molecule has 2 atom stereocenters. The molecule has 0 saturated carbocycles. The van der Waals surface area contributed by atoms with Crippen LogP contribution in [0.5, 0.6) is 0 Å². The Morgan fingerprint density at radius 1 is 1.24 bits per heavy atom. The van der Waals surface area contributed by atoms with Crippen molar-refractivity contribution in [2.24, 2.45) is 5.73 Å². The monoisotopic (exact) mass is 517 g/mol. The molecule has 3 rings (SSSR count). The van der Waals surface area contributed by atoms with Crippen molar-refractivity contribution >= 4 is 46.9 Å². The Hall–Kier alpha value is -4.20. The van der Waals surface area contributed by atoms with E-state index in [1.165, 1.54) is 4.57 Å². The van der Waals surface area contributed by atoms with E-state index in [4.69, 9.17) is 15.6 Å². The van der Waals surface area contributed by atoms with E-state index in [0.29, 0.717) is 24.0 Å². The molecule has 6 N–H and O–H groups in total. The van der Waals surface area contributed by atoms with E-state index in [1.807, 2.05) is 0 Å². The van der Waals surface area contributed by atoms with Crippen LogP contribution in [-0.4, -0.2) is 86.8 Å². The molecule has 37 heavy (non-hydrogen) atoms. The Balaban J connectivity index is 1.55. The number of carbonyl (C=O) groups excluding carboxylic acids is 4. The Labute approximate surface area is 212 Å². The van der Waals surface area contributed by atoms with Crippen molar-refractivity contribution in [1.29, 1.82) is 0 Å². The highest BCUT2D eigenvalue weighted by molar-refractivity contribution is 6.06. The number of imidazole rings is 1. The average Bonchev–Trinajstić information content (AvgIpc) is 3.31. The maximum absolute atomic E-state index is 12.8. The van der Waals surface area contributed by atoms with Crippen LogP contribution in [0.4, 0.5) is 15.5 Å². The molecular formula is C23H31N7O7. The van der Waals surface area contributed by atoms with Gasteiger partial charge >= 0.3 is 18.1 Å². The van der Waals surface area contributed by atoms with Crippen molar-refractivity contribution in [3.05, 3.63) is 24.3 Å². The van der Waals surface area contributed by atoms with E-state index in [9.17, 15) is 24.0 Å². The topological polar surface area (TPSA) is 198 Å². The number of ether oxygens (including phenoxy) is 1. The second kappa shape index (κ2) is 11.2. The van der Waals surface area contributed by atoms with Gasteiger partial charge in [-0.25, -0.2) is 19.1 Å². The van der Waals surface area contributed by atoms with Crippen LogP contribution in [0.3, 0.4) is 0 Å². The third-order valence-corrected chi connectivity index (χ3v) is 5.33. The second-order valence-electron chi connectivity index (χ2n) is 9.48. The van der Waals surface area contributed by atoms with Gasteiger partial charge in [0.25, 0.3) is 5.91 Å². The van der Waals surface area contributed by atoms with Gasteiger partial charge in [-0.3, -0.25) is 19.3 Å². The first-order chi connectivity index (χ1) is 17.4. The van der Waals surface area contributed by atoms with Crippen molar-refractivity contribution in [3.8, 4) is 0 Å². The highest BCUT2D eigenvalue weighted by Crippen LogP contribution is 2.22. The van der Waals surface area contributed by atoms with Gasteiger partial charge in [-0.05, 0) is 45.7 Å². The maximum atomic E-state index is 12.8. The van der Waals surface area contributed by atoms with Crippen LogP contribution in [0.2, 0.25) is 0 Å². The van der Waals surface area contributed by atoms with Crippen LogP contribution in [0.1, 0.15) is 33.6 Å². The third kappa shape index (κ3) is 6.94. The summed E-state index contributed by atoms with van der Waals surface area (Å²) < 4.78 is 6.85. The SMILES string of the molecule is CC(C)(C)OC(=O)n1c(NCCCC2NC(=O)N(CC(=O)NCC(N)C(=O)O)C2=O)nc2ccccc21. The van der Waals surface area contributed by atoms with Crippen molar-refractivity contribution in [2.75, 3.05) is 25.0 Å². The summed E-state index contributed by atoms with van der Waals surface area (Å²) in [6, 6.07) is 4.28. The number of nitrogens with two attached hydrogens (primary N) is 1.